The Hall–Kier alpha value is -2.11. The summed E-state index contributed by atoms with van der Waals surface area (Å²) in [5.74, 6) is 0.459. The molecule has 0 aliphatic heterocycles. The maximum absolute atomic E-state index is 15.3. The highest BCUT2D eigenvalue weighted by Crippen LogP contribution is 2.43. The molecule has 0 heterocycles. The number of alkyl halides is 3. The first-order chi connectivity index (χ1) is 17.7. The van der Waals surface area contributed by atoms with Crippen LogP contribution < -0.4 is 4.74 Å². The molecule has 0 unspecified atom stereocenters. The average molecular weight is 522 g/mol. The second kappa shape index (κ2) is 12.6. The monoisotopic (exact) mass is 521 g/mol. The molecule has 2 aromatic carbocycles. The van der Waals surface area contributed by atoms with Crippen molar-refractivity contribution in [2.75, 3.05) is 0 Å². The van der Waals surface area contributed by atoms with Crippen LogP contribution in [0.2, 0.25) is 0 Å². The number of unbranched alkanes of at least 4 members (excludes halogenated alkanes) is 1. The Labute approximate surface area is 217 Å². The second-order valence-electron chi connectivity index (χ2n) is 11.1. The summed E-state index contributed by atoms with van der Waals surface area (Å²) in [6.07, 6.45) is 10.8. The third-order valence-electron chi connectivity index (χ3n) is 8.60. The maximum Gasteiger partial charge on any atom is 0.416 e. The Morgan fingerprint density at radius 1 is 0.811 bits per heavy atom. The van der Waals surface area contributed by atoms with Crippen LogP contribution in [0, 0.1) is 35.5 Å². The van der Waals surface area contributed by atoms with Gasteiger partial charge in [0.15, 0.2) is 11.6 Å². The lowest BCUT2D eigenvalue weighted by molar-refractivity contribution is -0.137. The molecule has 0 spiro atoms. The summed E-state index contributed by atoms with van der Waals surface area (Å²) in [6, 6.07) is 7.53. The van der Waals surface area contributed by atoms with E-state index in [2.05, 4.69) is 13.0 Å². The van der Waals surface area contributed by atoms with Gasteiger partial charge in [0.2, 0.25) is 0 Å². The van der Waals surface area contributed by atoms with E-state index in [0.717, 1.165) is 67.9 Å². The molecule has 2 aromatic rings. The molecular formula is C31H38F5O. The first-order valence-electron chi connectivity index (χ1n) is 14.0. The van der Waals surface area contributed by atoms with Gasteiger partial charge in [-0.15, -0.1) is 0 Å². The van der Waals surface area contributed by atoms with Gasteiger partial charge in [-0.25, -0.2) is 8.78 Å². The molecule has 0 N–H and O–H groups in total. The zero-order valence-electron chi connectivity index (χ0n) is 21.7. The fraction of sp³-hybridized carbons (Fsp3) is 0.613. The molecule has 0 atom stereocenters. The van der Waals surface area contributed by atoms with Crippen molar-refractivity contribution in [3.05, 3.63) is 59.2 Å². The van der Waals surface area contributed by atoms with E-state index in [1.165, 1.54) is 57.8 Å². The van der Waals surface area contributed by atoms with Crippen molar-refractivity contribution in [2.24, 2.45) is 17.8 Å². The highest BCUT2D eigenvalue weighted by Gasteiger charge is 2.31. The molecule has 2 fully saturated rings. The smallest absolute Gasteiger partial charge is 0.416 e. The number of hydrogen-bond donors (Lipinski definition) is 0. The van der Waals surface area contributed by atoms with Crippen LogP contribution in [0.25, 0.3) is 0 Å². The third kappa shape index (κ3) is 7.48. The van der Waals surface area contributed by atoms with Crippen molar-refractivity contribution in [3.63, 3.8) is 0 Å². The minimum Gasteiger partial charge on any atom is -0.454 e. The Kier molecular flexibility index (Phi) is 9.52. The topological polar surface area (TPSA) is 9.23 Å². The molecule has 37 heavy (non-hydrogen) atoms. The molecule has 0 aromatic heterocycles. The van der Waals surface area contributed by atoms with Crippen LogP contribution >= 0.6 is 0 Å². The lowest BCUT2D eigenvalue weighted by atomic mass is 9.73. The van der Waals surface area contributed by atoms with E-state index in [0.29, 0.717) is 5.92 Å². The van der Waals surface area contributed by atoms with E-state index >= 15 is 4.39 Å². The zero-order valence-corrected chi connectivity index (χ0v) is 21.7. The van der Waals surface area contributed by atoms with Crippen LogP contribution in [-0.4, -0.2) is 0 Å². The van der Waals surface area contributed by atoms with E-state index in [1.807, 2.05) is 0 Å². The lowest BCUT2D eigenvalue weighted by Crippen LogP contribution is -2.18. The van der Waals surface area contributed by atoms with Crippen molar-refractivity contribution in [1.82, 2.24) is 0 Å². The largest absolute Gasteiger partial charge is 0.454 e. The summed E-state index contributed by atoms with van der Waals surface area (Å²) < 4.78 is 73.8. The molecule has 2 saturated carbocycles. The number of halogens is 5. The molecule has 0 saturated heterocycles. The van der Waals surface area contributed by atoms with E-state index in [1.54, 1.807) is 0 Å². The van der Waals surface area contributed by atoms with Crippen molar-refractivity contribution in [3.8, 4) is 11.5 Å². The quantitative estimate of drug-likeness (QED) is 0.298. The second-order valence-corrected chi connectivity index (χ2v) is 11.1. The summed E-state index contributed by atoms with van der Waals surface area (Å²) >= 11 is 0. The fourth-order valence-corrected chi connectivity index (χ4v) is 6.29. The first-order valence-corrected chi connectivity index (χ1v) is 14.0. The predicted molar refractivity (Wildman–Crippen MR) is 136 cm³/mol. The Morgan fingerprint density at radius 3 is 1.89 bits per heavy atom. The van der Waals surface area contributed by atoms with Crippen LogP contribution in [0.1, 0.15) is 107 Å². The molecule has 0 bridgehead atoms. The van der Waals surface area contributed by atoms with Gasteiger partial charge in [0.1, 0.15) is 11.6 Å². The van der Waals surface area contributed by atoms with Crippen molar-refractivity contribution in [2.45, 2.75) is 102 Å². The number of ether oxygens (including phenoxy) is 1. The molecule has 2 aliphatic carbocycles. The van der Waals surface area contributed by atoms with E-state index < -0.39 is 23.4 Å². The van der Waals surface area contributed by atoms with Crippen molar-refractivity contribution < 1.29 is 26.7 Å². The van der Waals surface area contributed by atoms with Gasteiger partial charge >= 0.3 is 6.18 Å². The van der Waals surface area contributed by atoms with Gasteiger partial charge in [0, 0.05) is 11.6 Å². The summed E-state index contributed by atoms with van der Waals surface area (Å²) in [5.41, 5.74) is -0.801. The van der Waals surface area contributed by atoms with E-state index in [4.69, 9.17) is 4.74 Å². The van der Waals surface area contributed by atoms with Crippen molar-refractivity contribution in [1.29, 1.82) is 0 Å². The molecule has 0 amide bonds. The third-order valence-corrected chi connectivity index (χ3v) is 8.60. The maximum atomic E-state index is 15.3. The van der Waals surface area contributed by atoms with Gasteiger partial charge < -0.3 is 4.74 Å². The highest BCUT2D eigenvalue weighted by molar-refractivity contribution is 5.38. The molecular weight excluding hydrogens is 483 g/mol. The van der Waals surface area contributed by atoms with Gasteiger partial charge in [-0.1, -0.05) is 64.7 Å². The van der Waals surface area contributed by atoms with Crippen LogP contribution in [-0.2, 0) is 6.18 Å². The summed E-state index contributed by atoms with van der Waals surface area (Å²) in [5, 5.41) is 0. The lowest BCUT2D eigenvalue weighted by Gasteiger charge is -2.32. The molecule has 203 valence electrons. The van der Waals surface area contributed by atoms with Gasteiger partial charge in [-0.2, -0.15) is 13.2 Å². The molecule has 6 heteroatoms. The Morgan fingerprint density at radius 2 is 1.35 bits per heavy atom. The average Bonchev–Trinajstić information content (AvgIpc) is 2.89. The minimum absolute atomic E-state index is 0.0181. The number of rotatable bonds is 9. The summed E-state index contributed by atoms with van der Waals surface area (Å²) in [4.78, 5) is 0. The van der Waals surface area contributed by atoms with Gasteiger partial charge in [-0.3, -0.25) is 0 Å². The fourth-order valence-electron chi connectivity index (χ4n) is 6.29. The van der Waals surface area contributed by atoms with Gasteiger partial charge in [0.05, 0.1) is 5.56 Å². The van der Waals surface area contributed by atoms with Crippen LogP contribution in [0.3, 0.4) is 0 Å². The number of hydrogen-bond acceptors (Lipinski definition) is 1. The molecule has 1 nitrogen and oxygen atoms in total. The van der Waals surface area contributed by atoms with Gasteiger partial charge in [-0.05, 0) is 79.7 Å². The van der Waals surface area contributed by atoms with E-state index in [-0.39, 0.29) is 23.0 Å². The summed E-state index contributed by atoms with van der Waals surface area (Å²) in [7, 11) is 0. The van der Waals surface area contributed by atoms with Crippen LogP contribution in [0.5, 0.6) is 11.5 Å². The minimum atomic E-state index is -4.47. The van der Waals surface area contributed by atoms with Gasteiger partial charge in [0.25, 0.3) is 0 Å². The number of benzene rings is 2. The highest BCUT2D eigenvalue weighted by atomic mass is 19.4. The van der Waals surface area contributed by atoms with E-state index in [9.17, 15) is 17.6 Å². The Balaban J connectivity index is 1.29. The zero-order chi connectivity index (χ0) is 26.4. The molecule has 2 aliphatic rings. The van der Waals surface area contributed by atoms with Crippen LogP contribution in [0.15, 0.2) is 30.3 Å². The predicted octanol–water partition coefficient (Wildman–Crippen LogP) is 10.6. The first kappa shape index (κ1) is 27.9. The summed E-state index contributed by atoms with van der Waals surface area (Å²) in [6.45, 7) is 2.26. The normalized spacial score (nSPS) is 24.7. The SMILES string of the molecule is CCCC[C@H]1CC[C@H](CCC2CCC(c3c(F)c[c]c(Oc4ccc(C(F)(F)F)cc4)c3F)CC2)CC1. The van der Waals surface area contributed by atoms with Crippen molar-refractivity contribution >= 4 is 0 Å². The standard InChI is InChI=1S/C31H38F5O/c1-2-3-4-21-5-7-22(8-6-21)9-10-23-11-13-24(14-12-23)29-27(32)19-20-28(30(29)33)37-26-17-15-25(16-18-26)31(34,35)36/h15-19,21-24H,2-14H2,1H3/t21-,22-,23?,24?. The molecule has 4 rings (SSSR count). The Bertz CT molecular complexity index is 984. The molecule has 1 radical (unpaired) electrons. The van der Waals surface area contributed by atoms with Crippen LogP contribution in [0.4, 0.5) is 22.0 Å².